The fourth-order valence-corrected chi connectivity index (χ4v) is 8.46. The van der Waals surface area contributed by atoms with E-state index in [1.807, 2.05) is 55.3 Å². The first-order valence-electron chi connectivity index (χ1n) is 17.6. The fourth-order valence-electron chi connectivity index (χ4n) is 8.33. The van der Waals surface area contributed by atoms with Gasteiger partial charge in [0.25, 0.3) is 0 Å². The zero-order valence-electron chi connectivity index (χ0n) is 29.6. The van der Waals surface area contributed by atoms with Crippen molar-refractivity contribution in [2.24, 2.45) is 28.2 Å². The average Bonchev–Trinajstić information content (AvgIpc) is 3.38. The minimum atomic E-state index is -0.894. The Hall–Kier alpha value is -2.45. The first-order chi connectivity index (χ1) is 22.1. The molecule has 47 heavy (non-hydrogen) atoms. The van der Waals surface area contributed by atoms with Crippen LogP contribution in [0.25, 0.3) is 0 Å². The molecule has 3 aliphatic heterocycles. The third-order valence-corrected chi connectivity index (χ3v) is 10.4. The van der Waals surface area contributed by atoms with E-state index in [1.165, 1.54) is 0 Å². The van der Waals surface area contributed by atoms with Gasteiger partial charge in [-0.3, -0.25) is 4.99 Å². The van der Waals surface area contributed by atoms with Crippen molar-refractivity contribution in [1.82, 2.24) is 15.1 Å². The minimum Gasteiger partial charge on any atom is -0.386 e. The van der Waals surface area contributed by atoms with E-state index < -0.39 is 5.60 Å². The van der Waals surface area contributed by atoms with Gasteiger partial charge in [-0.25, -0.2) is 4.79 Å². The number of aliphatic imine (C=N–C) groups is 1. The number of amides is 2. The molecule has 6 atom stereocenters. The maximum Gasteiger partial charge on any atom is 0.318 e. The van der Waals surface area contributed by atoms with E-state index >= 15 is 0 Å². The number of likely N-dealkylation sites (tertiary alicyclic amines) is 1. The summed E-state index contributed by atoms with van der Waals surface area (Å²) in [6, 6.07) is 8.11. The molecule has 2 amide bonds. The van der Waals surface area contributed by atoms with E-state index in [4.69, 9.17) is 21.3 Å². The number of urea groups is 1. The van der Waals surface area contributed by atoms with Gasteiger partial charge in [-0.05, 0) is 101 Å². The number of benzene rings is 1. The number of carbonyl (C=O) groups is 1. The number of allylic oxidation sites excluding steroid dienone is 1. The number of carbonyl (C=O) groups excluding carboxylic acids is 1. The average molecular weight is 665 g/mol. The number of fused-ring (bicyclic) bond motifs is 2. The van der Waals surface area contributed by atoms with Crippen molar-refractivity contribution >= 4 is 23.8 Å². The van der Waals surface area contributed by atoms with Crippen LogP contribution in [0.15, 0.2) is 65.2 Å². The van der Waals surface area contributed by atoms with Crippen LogP contribution in [-0.4, -0.2) is 82.7 Å². The lowest BCUT2D eigenvalue weighted by Gasteiger charge is -2.37. The summed E-state index contributed by atoms with van der Waals surface area (Å²) in [6.45, 7) is 18.6. The summed E-state index contributed by atoms with van der Waals surface area (Å²) < 4.78 is 6.40. The number of hydrogen-bond donors (Lipinski definition) is 2. The molecule has 2 saturated heterocycles. The van der Waals surface area contributed by atoms with Crippen LogP contribution in [0.3, 0.4) is 0 Å². The van der Waals surface area contributed by atoms with Gasteiger partial charge in [0.05, 0.1) is 24.4 Å². The van der Waals surface area contributed by atoms with Gasteiger partial charge in [-0.15, -0.1) is 0 Å². The van der Waals surface area contributed by atoms with Crippen LogP contribution in [0.4, 0.5) is 4.79 Å². The molecule has 0 bridgehead atoms. The van der Waals surface area contributed by atoms with Crippen molar-refractivity contribution in [2.45, 2.75) is 110 Å². The summed E-state index contributed by atoms with van der Waals surface area (Å²) in [5.74, 6) is 0.858. The summed E-state index contributed by atoms with van der Waals surface area (Å²) in [6.07, 6.45) is 16.7. The lowest BCUT2D eigenvalue weighted by molar-refractivity contribution is 0.0541. The Bertz CT molecular complexity index is 1350. The van der Waals surface area contributed by atoms with Crippen molar-refractivity contribution in [3.8, 4) is 0 Å². The summed E-state index contributed by atoms with van der Waals surface area (Å²) in [4.78, 5) is 23.3. The third-order valence-electron chi connectivity index (χ3n) is 10.2. The predicted octanol–water partition coefficient (Wildman–Crippen LogP) is 7.44. The quantitative estimate of drug-likeness (QED) is 0.273. The van der Waals surface area contributed by atoms with Crippen molar-refractivity contribution in [1.29, 1.82) is 0 Å². The van der Waals surface area contributed by atoms with Crippen LogP contribution in [0.2, 0.25) is 5.02 Å². The molecule has 0 spiro atoms. The second-order valence-electron chi connectivity index (χ2n) is 16.6. The molecule has 2 N–H and O–H groups in total. The lowest BCUT2D eigenvalue weighted by atomic mass is 9.71. The highest BCUT2D eigenvalue weighted by atomic mass is 35.5. The molecule has 0 aromatic heterocycles. The van der Waals surface area contributed by atoms with E-state index in [-0.39, 0.29) is 41.1 Å². The van der Waals surface area contributed by atoms with E-state index in [0.717, 1.165) is 56.5 Å². The first kappa shape index (κ1) is 35.8. The monoisotopic (exact) mass is 664 g/mol. The standard InChI is InChI=1S/C39H57ClN4O3/c1-37(2,3)26-38(4,5)42-36(45)44(23-27-12-15-29(40)16-13-27)30-18-21-43(24-30)20-9-11-31-32-10-8-19-41-34(32)25-47-35-17-14-28(22-33(31)35)39(6,7)46/h8,10,12-17,19,22,30-35,46H,9,11,18,20-21,23-26H2,1-7H3,(H,42,45). The Balaban J connectivity index is 1.26. The number of rotatable bonds is 10. The van der Waals surface area contributed by atoms with Crippen LogP contribution >= 0.6 is 11.6 Å². The smallest absolute Gasteiger partial charge is 0.318 e. The number of nitrogens with zero attached hydrogens (tertiary/aromatic N) is 3. The number of aliphatic hydroxyl groups is 1. The van der Waals surface area contributed by atoms with Gasteiger partial charge in [0.1, 0.15) is 0 Å². The minimum absolute atomic E-state index is 0.000909. The summed E-state index contributed by atoms with van der Waals surface area (Å²) in [7, 11) is 0. The molecule has 258 valence electrons. The van der Waals surface area contributed by atoms with Crippen molar-refractivity contribution in [2.75, 3.05) is 26.2 Å². The van der Waals surface area contributed by atoms with E-state index in [0.29, 0.717) is 30.0 Å². The summed E-state index contributed by atoms with van der Waals surface area (Å²) in [5, 5.41) is 14.9. The van der Waals surface area contributed by atoms with Gasteiger partial charge in [0, 0.05) is 54.3 Å². The Morgan fingerprint density at radius 3 is 2.55 bits per heavy atom. The van der Waals surface area contributed by atoms with E-state index in [2.05, 4.69) is 69.1 Å². The normalized spacial score (nSPS) is 28.0. The lowest BCUT2D eigenvalue weighted by Crippen LogP contribution is -2.54. The Labute approximate surface area is 288 Å². The Kier molecular flexibility index (Phi) is 11.1. The number of ether oxygens (including phenoxy) is 1. The van der Waals surface area contributed by atoms with Gasteiger partial charge in [-0.1, -0.05) is 68.8 Å². The maximum absolute atomic E-state index is 13.9. The molecule has 2 fully saturated rings. The molecule has 1 aliphatic carbocycles. The molecule has 3 heterocycles. The summed E-state index contributed by atoms with van der Waals surface area (Å²) in [5.41, 5.74) is 0.927. The number of nitrogens with one attached hydrogen (secondary N) is 1. The molecule has 6 unspecified atom stereocenters. The largest absolute Gasteiger partial charge is 0.386 e. The molecular weight excluding hydrogens is 608 g/mol. The van der Waals surface area contributed by atoms with E-state index in [9.17, 15) is 9.90 Å². The Morgan fingerprint density at radius 2 is 1.85 bits per heavy atom. The second-order valence-corrected chi connectivity index (χ2v) is 17.0. The van der Waals surface area contributed by atoms with Crippen LogP contribution in [0, 0.1) is 23.2 Å². The second kappa shape index (κ2) is 14.6. The fraction of sp³-hybridized carbons (Fsp3) is 0.641. The predicted molar refractivity (Wildman–Crippen MR) is 193 cm³/mol. The highest BCUT2D eigenvalue weighted by Crippen LogP contribution is 2.42. The molecule has 0 radical (unpaired) electrons. The zero-order chi connectivity index (χ0) is 34.0. The molecule has 1 aromatic carbocycles. The van der Waals surface area contributed by atoms with Gasteiger partial charge >= 0.3 is 6.03 Å². The van der Waals surface area contributed by atoms with Gasteiger partial charge in [0.15, 0.2) is 0 Å². The molecule has 1 aromatic rings. The van der Waals surface area contributed by atoms with Gasteiger partial charge in [0.2, 0.25) is 0 Å². The molecule has 7 nitrogen and oxygen atoms in total. The van der Waals surface area contributed by atoms with Crippen LogP contribution in [0.5, 0.6) is 0 Å². The maximum atomic E-state index is 13.9. The van der Waals surface area contributed by atoms with Crippen LogP contribution in [-0.2, 0) is 11.3 Å². The molecular formula is C39H57ClN4O3. The first-order valence-corrected chi connectivity index (χ1v) is 18.0. The summed E-state index contributed by atoms with van der Waals surface area (Å²) >= 11 is 6.19. The SMILES string of the molecule is CC(C)(C)CC(C)(C)NC(=O)N(Cc1ccc(Cl)cc1)C1CCN(CCCC2C3C=CC=NC3COC3C=CC(C(C)(C)O)=CC32)C1. The topological polar surface area (TPSA) is 77.4 Å². The molecule has 5 rings (SSSR count). The number of hydrogen-bond acceptors (Lipinski definition) is 5. The molecule has 8 heteroatoms. The van der Waals surface area contributed by atoms with Crippen molar-refractivity contribution in [3.63, 3.8) is 0 Å². The van der Waals surface area contributed by atoms with Crippen LogP contribution in [0.1, 0.15) is 79.7 Å². The van der Waals surface area contributed by atoms with Gasteiger partial charge < -0.3 is 25.0 Å². The number of halogens is 1. The molecule has 4 aliphatic rings. The number of dihydropyridines is 1. The van der Waals surface area contributed by atoms with Crippen molar-refractivity contribution in [3.05, 3.63) is 70.8 Å². The zero-order valence-corrected chi connectivity index (χ0v) is 30.3. The Morgan fingerprint density at radius 1 is 1.11 bits per heavy atom. The highest BCUT2D eigenvalue weighted by Gasteiger charge is 2.42. The third kappa shape index (κ3) is 9.59. The van der Waals surface area contributed by atoms with Crippen LogP contribution < -0.4 is 5.32 Å². The van der Waals surface area contributed by atoms with Crippen molar-refractivity contribution < 1.29 is 14.6 Å². The highest BCUT2D eigenvalue weighted by molar-refractivity contribution is 6.30. The molecule has 0 saturated carbocycles. The van der Waals surface area contributed by atoms with E-state index in [1.54, 1.807) is 0 Å². The van der Waals surface area contributed by atoms with Gasteiger partial charge in [-0.2, -0.15) is 0 Å².